The minimum atomic E-state index is 0.509. The number of ether oxygens (including phenoxy) is 1. The van der Waals surface area contributed by atoms with E-state index in [4.69, 9.17) is 4.74 Å². The van der Waals surface area contributed by atoms with Gasteiger partial charge in [0.2, 0.25) is 0 Å². The molecule has 0 fully saturated rings. The molecule has 1 atom stereocenters. The van der Waals surface area contributed by atoms with Crippen LogP contribution in [0.15, 0.2) is 12.2 Å². The Morgan fingerprint density at radius 3 is 1.58 bits per heavy atom. The Kier molecular flexibility index (Phi) is 22.5. The number of hydrogen-bond donors (Lipinski definition) is 0. The smallest absolute Gasteiger partial charge is 0.0571 e. The fourth-order valence-electron chi connectivity index (χ4n) is 3.63. The van der Waals surface area contributed by atoms with Gasteiger partial charge in [-0.25, -0.2) is 0 Å². The summed E-state index contributed by atoms with van der Waals surface area (Å²) >= 11 is 0. The van der Waals surface area contributed by atoms with Gasteiger partial charge in [0.1, 0.15) is 0 Å². The minimum absolute atomic E-state index is 0.509. The summed E-state index contributed by atoms with van der Waals surface area (Å²) in [6.07, 6.45) is 30.8. The van der Waals surface area contributed by atoms with Crippen LogP contribution in [0.3, 0.4) is 0 Å². The average Bonchev–Trinajstić information content (AvgIpc) is 2.66. The van der Waals surface area contributed by atoms with Gasteiger partial charge in [0, 0.05) is 7.11 Å². The molecule has 1 nitrogen and oxygen atoms in total. The van der Waals surface area contributed by atoms with Crippen molar-refractivity contribution in [3.8, 4) is 0 Å². The molecular weight excluding hydrogens is 316 g/mol. The molecule has 0 heterocycles. The molecule has 0 bridgehead atoms. The van der Waals surface area contributed by atoms with E-state index in [1.54, 1.807) is 0 Å². The molecule has 0 aromatic heterocycles. The molecule has 0 aliphatic carbocycles. The van der Waals surface area contributed by atoms with E-state index >= 15 is 0 Å². The van der Waals surface area contributed by atoms with Gasteiger partial charge in [-0.2, -0.15) is 0 Å². The number of rotatable bonds is 21. The van der Waals surface area contributed by atoms with Crippen LogP contribution < -0.4 is 0 Å². The molecule has 0 aromatic rings. The molecular formula is C25H49O. The van der Waals surface area contributed by atoms with Gasteiger partial charge in [-0.1, -0.05) is 109 Å². The summed E-state index contributed by atoms with van der Waals surface area (Å²) in [5, 5.41) is 0. The summed E-state index contributed by atoms with van der Waals surface area (Å²) in [7, 11) is 1.87. The molecule has 26 heavy (non-hydrogen) atoms. The lowest BCUT2D eigenvalue weighted by Crippen LogP contribution is -2.09. The van der Waals surface area contributed by atoms with Crippen LogP contribution >= 0.6 is 0 Å². The van der Waals surface area contributed by atoms with Crippen molar-refractivity contribution in [3.05, 3.63) is 19.1 Å². The van der Waals surface area contributed by atoms with Gasteiger partial charge in [-0.15, -0.1) is 0 Å². The van der Waals surface area contributed by atoms with E-state index in [1.165, 1.54) is 109 Å². The second-order valence-electron chi connectivity index (χ2n) is 7.93. The summed E-state index contributed by atoms with van der Waals surface area (Å²) in [5.74, 6) is 0. The van der Waals surface area contributed by atoms with Gasteiger partial charge in [0.15, 0.2) is 0 Å². The quantitative estimate of drug-likeness (QED) is 0.146. The second kappa shape index (κ2) is 22.7. The standard InChI is InChI=1S/C25H49O/c1-4-6-7-8-9-10-11-12-13-14-15-16-17-18-19-20-21-22-24-25(26-3)23-5-2/h7-8,25H,1,4-6,9-24H2,2-3H3. The Morgan fingerprint density at radius 2 is 1.12 bits per heavy atom. The minimum Gasteiger partial charge on any atom is -0.381 e. The van der Waals surface area contributed by atoms with Crippen molar-refractivity contribution in [1.29, 1.82) is 0 Å². The molecule has 0 rings (SSSR count). The van der Waals surface area contributed by atoms with Crippen molar-refractivity contribution < 1.29 is 4.74 Å². The largest absolute Gasteiger partial charge is 0.381 e. The highest BCUT2D eigenvalue weighted by Crippen LogP contribution is 2.15. The van der Waals surface area contributed by atoms with Gasteiger partial charge in [-0.3, -0.25) is 0 Å². The average molecular weight is 366 g/mol. The highest BCUT2D eigenvalue weighted by molar-refractivity contribution is 4.81. The van der Waals surface area contributed by atoms with Crippen LogP contribution in [-0.4, -0.2) is 13.2 Å². The maximum Gasteiger partial charge on any atom is 0.0571 e. The van der Waals surface area contributed by atoms with Gasteiger partial charge < -0.3 is 4.74 Å². The Hall–Kier alpha value is -0.300. The van der Waals surface area contributed by atoms with Crippen LogP contribution in [0.2, 0.25) is 0 Å². The van der Waals surface area contributed by atoms with Crippen molar-refractivity contribution in [3.63, 3.8) is 0 Å². The molecule has 0 amide bonds. The Morgan fingerprint density at radius 1 is 0.654 bits per heavy atom. The van der Waals surface area contributed by atoms with E-state index in [0.717, 1.165) is 12.8 Å². The first-order valence-corrected chi connectivity index (χ1v) is 11.8. The van der Waals surface area contributed by atoms with Gasteiger partial charge in [0.05, 0.1) is 6.10 Å². The molecule has 1 unspecified atom stereocenters. The fraction of sp³-hybridized carbons (Fsp3) is 0.880. The normalized spacial score (nSPS) is 12.9. The Labute approximate surface area is 166 Å². The first-order valence-electron chi connectivity index (χ1n) is 11.8. The highest BCUT2D eigenvalue weighted by Gasteiger charge is 2.04. The van der Waals surface area contributed by atoms with E-state index in [2.05, 4.69) is 26.0 Å². The van der Waals surface area contributed by atoms with E-state index in [1.807, 2.05) is 7.11 Å². The monoisotopic (exact) mass is 365 g/mol. The van der Waals surface area contributed by atoms with E-state index in [-0.39, 0.29) is 0 Å². The predicted molar refractivity (Wildman–Crippen MR) is 119 cm³/mol. The van der Waals surface area contributed by atoms with Crippen molar-refractivity contribution in [2.24, 2.45) is 0 Å². The lowest BCUT2D eigenvalue weighted by Gasteiger charge is -2.13. The Bertz CT molecular complexity index is 271. The number of allylic oxidation sites excluding steroid dienone is 2. The molecule has 1 radical (unpaired) electrons. The van der Waals surface area contributed by atoms with Crippen LogP contribution in [0.5, 0.6) is 0 Å². The summed E-state index contributed by atoms with van der Waals surface area (Å²) < 4.78 is 5.52. The molecule has 155 valence electrons. The topological polar surface area (TPSA) is 9.23 Å². The Balaban J connectivity index is 3.11. The third-order valence-electron chi connectivity index (χ3n) is 5.38. The SMILES string of the molecule is [CH2]CCC=CCCCCCCCCCCCCCCCC(CCC)OC. The van der Waals surface area contributed by atoms with Crippen molar-refractivity contribution in [2.45, 2.75) is 135 Å². The lowest BCUT2D eigenvalue weighted by atomic mass is 10.0. The van der Waals surface area contributed by atoms with Crippen molar-refractivity contribution in [1.82, 2.24) is 0 Å². The van der Waals surface area contributed by atoms with Crippen LogP contribution in [0, 0.1) is 6.92 Å². The molecule has 0 aliphatic rings. The molecule has 0 spiro atoms. The molecule has 0 aromatic carbocycles. The van der Waals surface area contributed by atoms with Gasteiger partial charge >= 0.3 is 0 Å². The third kappa shape index (κ3) is 20.0. The van der Waals surface area contributed by atoms with Crippen LogP contribution in [0.25, 0.3) is 0 Å². The van der Waals surface area contributed by atoms with Gasteiger partial charge in [0.25, 0.3) is 0 Å². The van der Waals surface area contributed by atoms with Crippen LogP contribution in [0.4, 0.5) is 0 Å². The summed E-state index contributed by atoms with van der Waals surface area (Å²) in [6, 6.07) is 0. The molecule has 0 saturated heterocycles. The van der Waals surface area contributed by atoms with Crippen LogP contribution in [-0.2, 0) is 4.74 Å². The number of methoxy groups -OCH3 is 1. The van der Waals surface area contributed by atoms with Gasteiger partial charge in [-0.05, 0) is 38.5 Å². The first kappa shape index (κ1) is 25.7. The predicted octanol–water partition coefficient (Wildman–Crippen LogP) is 8.82. The zero-order valence-electron chi connectivity index (χ0n) is 18.3. The zero-order valence-corrected chi connectivity index (χ0v) is 18.3. The number of hydrogen-bond acceptors (Lipinski definition) is 1. The molecule has 0 N–H and O–H groups in total. The number of unbranched alkanes of at least 4 members (excludes halogenated alkanes) is 14. The van der Waals surface area contributed by atoms with Crippen molar-refractivity contribution >= 4 is 0 Å². The van der Waals surface area contributed by atoms with E-state index < -0.39 is 0 Å². The summed E-state index contributed by atoms with van der Waals surface area (Å²) in [5.41, 5.74) is 0. The summed E-state index contributed by atoms with van der Waals surface area (Å²) in [6.45, 7) is 6.10. The lowest BCUT2D eigenvalue weighted by molar-refractivity contribution is 0.0849. The third-order valence-corrected chi connectivity index (χ3v) is 5.38. The molecule has 0 saturated carbocycles. The maximum atomic E-state index is 5.52. The zero-order chi connectivity index (χ0) is 19.1. The van der Waals surface area contributed by atoms with E-state index in [0.29, 0.717) is 6.10 Å². The molecule has 0 aliphatic heterocycles. The highest BCUT2D eigenvalue weighted by atomic mass is 16.5. The van der Waals surface area contributed by atoms with Crippen LogP contribution in [0.1, 0.15) is 129 Å². The van der Waals surface area contributed by atoms with Crippen molar-refractivity contribution in [2.75, 3.05) is 7.11 Å². The fourth-order valence-corrected chi connectivity index (χ4v) is 3.63. The summed E-state index contributed by atoms with van der Waals surface area (Å²) in [4.78, 5) is 0. The second-order valence-corrected chi connectivity index (χ2v) is 7.93. The van der Waals surface area contributed by atoms with E-state index in [9.17, 15) is 0 Å². The first-order chi connectivity index (χ1) is 12.8. The molecule has 1 heteroatoms. The maximum absolute atomic E-state index is 5.52.